The van der Waals surface area contributed by atoms with Gasteiger partial charge in [0.15, 0.2) is 0 Å². The van der Waals surface area contributed by atoms with Gasteiger partial charge >= 0.3 is 5.97 Å². The maximum Gasteiger partial charge on any atom is 0.327 e. The summed E-state index contributed by atoms with van der Waals surface area (Å²) in [4.78, 5) is 17.4. The third-order valence-corrected chi connectivity index (χ3v) is 4.32. The second-order valence-electron chi connectivity index (χ2n) is 6.52. The molecule has 0 bridgehead atoms. The Morgan fingerprint density at radius 2 is 1.37 bits per heavy atom. The van der Waals surface area contributed by atoms with Crippen molar-refractivity contribution in [3.8, 4) is 0 Å². The summed E-state index contributed by atoms with van der Waals surface area (Å²) in [5.41, 5.74) is 4.60. The van der Waals surface area contributed by atoms with Gasteiger partial charge in [0.2, 0.25) is 0 Å². The molecule has 144 valence electrons. The van der Waals surface area contributed by atoms with Gasteiger partial charge in [0.1, 0.15) is 0 Å². The average molecular weight is 367 g/mol. The lowest BCUT2D eigenvalue weighted by Gasteiger charge is -2.24. The molecule has 0 aromatic heterocycles. The van der Waals surface area contributed by atoms with Gasteiger partial charge < -0.3 is 4.84 Å². The van der Waals surface area contributed by atoms with Crippen LogP contribution in [0.25, 0.3) is 0 Å². The fourth-order valence-corrected chi connectivity index (χ4v) is 2.82. The topological polar surface area (TPSA) is 41.6 Å². The lowest BCUT2D eigenvalue weighted by Crippen LogP contribution is -2.35. The second kappa shape index (κ2) is 12.7. The first-order chi connectivity index (χ1) is 13.3. The second-order valence-corrected chi connectivity index (χ2v) is 6.52. The molecule has 0 amide bonds. The minimum Gasteiger partial charge on any atom is -0.351 e. The van der Waals surface area contributed by atoms with Crippen LogP contribution in [0.3, 0.4) is 0 Å². The van der Waals surface area contributed by atoms with Gasteiger partial charge in [-0.3, -0.25) is 4.79 Å². The number of unbranched alkanes of at least 4 members (excludes halogenated alkanes) is 6. The lowest BCUT2D eigenvalue weighted by molar-refractivity contribution is -0.151. The van der Waals surface area contributed by atoms with Crippen molar-refractivity contribution in [3.05, 3.63) is 73.3 Å². The molecule has 0 aliphatic rings. The molecule has 0 radical (unpaired) electrons. The predicted molar refractivity (Wildman–Crippen MR) is 111 cm³/mol. The van der Waals surface area contributed by atoms with Crippen LogP contribution in [0.15, 0.2) is 73.3 Å². The van der Waals surface area contributed by atoms with Crippen molar-refractivity contribution in [1.29, 1.82) is 0 Å². The number of anilines is 2. The van der Waals surface area contributed by atoms with E-state index in [9.17, 15) is 4.79 Å². The molecule has 2 rings (SSSR count). The zero-order valence-electron chi connectivity index (χ0n) is 16.0. The van der Waals surface area contributed by atoms with E-state index in [1.165, 1.54) is 19.3 Å². The number of carbonyl (C=O) groups excluding carboxylic acids is 1. The minimum absolute atomic E-state index is 0.237. The molecule has 0 spiro atoms. The van der Waals surface area contributed by atoms with E-state index in [1.807, 2.05) is 66.7 Å². The van der Waals surface area contributed by atoms with Crippen molar-refractivity contribution in [1.82, 2.24) is 5.59 Å². The van der Waals surface area contributed by atoms with Crippen molar-refractivity contribution < 1.29 is 9.63 Å². The molecule has 1 N–H and O–H groups in total. The van der Waals surface area contributed by atoms with E-state index >= 15 is 0 Å². The number of rotatable bonds is 13. The highest BCUT2D eigenvalue weighted by Gasteiger charge is 2.11. The van der Waals surface area contributed by atoms with Crippen LogP contribution in [0, 0.1) is 0 Å². The molecule has 0 atom stereocenters. The standard InChI is InChI=1S/C23H30N2O2/c1-2-3-4-5-6-7-8-15-20-23(26)27-24-25(21-16-11-9-12-17-21)22-18-13-10-14-19-22/h2,9-14,16-19,24H,1,3-8,15,20H2. The van der Waals surface area contributed by atoms with E-state index in [2.05, 4.69) is 12.2 Å². The molecule has 4 heteroatoms. The molecule has 0 fully saturated rings. The third-order valence-electron chi connectivity index (χ3n) is 4.32. The van der Waals surface area contributed by atoms with Crippen LogP contribution in [-0.4, -0.2) is 5.97 Å². The third kappa shape index (κ3) is 8.09. The number of nitrogens with zero attached hydrogens (tertiary/aromatic N) is 1. The van der Waals surface area contributed by atoms with Gasteiger partial charge in [-0.15, -0.1) is 6.58 Å². The Morgan fingerprint density at radius 1 is 0.852 bits per heavy atom. The van der Waals surface area contributed by atoms with Crippen molar-refractivity contribution in [2.75, 3.05) is 5.01 Å². The largest absolute Gasteiger partial charge is 0.351 e. The van der Waals surface area contributed by atoms with Crippen LogP contribution in [0.1, 0.15) is 51.4 Å². The molecule has 4 nitrogen and oxygen atoms in total. The number of benzene rings is 2. The number of hydrazine groups is 1. The maximum atomic E-state index is 12.1. The predicted octanol–water partition coefficient (Wildman–Crippen LogP) is 6.09. The van der Waals surface area contributed by atoms with Crippen molar-refractivity contribution >= 4 is 17.3 Å². The summed E-state index contributed by atoms with van der Waals surface area (Å²) in [6.07, 6.45) is 10.2. The van der Waals surface area contributed by atoms with Crippen LogP contribution in [0.2, 0.25) is 0 Å². The van der Waals surface area contributed by atoms with E-state index in [0.717, 1.165) is 37.1 Å². The Balaban J connectivity index is 1.73. The summed E-state index contributed by atoms with van der Waals surface area (Å²) < 4.78 is 0. The number of nitrogens with one attached hydrogen (secondary N) is 1. The molecular weight excluding hydrogens is 336 g/mol. The summed E-state index contributed by atoms with van der Waals surface area (Å²) in [6.45, 7) is 3.73. The molecule has 2 aromatic rings. The normalized spacial score (nSPS) is 10.4. The first-order valence-corrected chi connectivity index (χ1v) is 9.77. The van der Waals surface area contributed by atoms with Crippen LogP contribution in [-0.2, 0) is 9.63 Å². The SMILES string of the molecule is C=CCCCCCCCCC(=O)ONN(c1ccccc1)c1ccccc1. The molecule has 27 heavy (non-hydrogen) atoms. The van der Waals surface area contributed by atoms with Crippen molar-refractivity contribution in [2.24, 2.45) is 0 Å². The molecule has 0 heterocycles. The maximum absolute atomic E-state index is 12.1. The Kier molecular flexibility index (Phi) is 9.76. The summed E-state index contributed by atoms with van der Waals surface area (Å²) in [7, 11) is 0. The van der Waals surface area contributed by atoms with Gasteiger partial charge in [-0.1, -0.05) is 73.7 Å². The summed E-state index contributed by atoms with van der Waals surface area (Å²) >= 11 is 0. The van der Waals surface area contributed by atoms with Crippen molar-refractivity contribution in [3.63, 3.8) is 0 Å². The van der Waals surface area contributed by atoms with Crippen LogP contribution >= 0.6 is 0 Å². The molecule has 0 aliphatic carbocycles. The monoisotopic (exact) mass is 366 g/mol. The smallest absolute Gasteiger partial charge is 0.327 e. The summed E-state index contributed by atoms with van der Waals surface area (Å²) in [5.74, 6) is -0.237. The quantitative estimate of drug-likeness (QED) is 0.264. The zero-order chi connectivity index (χ0) is 19.2. The van der Waals surface area contributed by atoms with Crippen LogP contribution in [0.4, 0.5) is 11.4 Å². The summed E-state index contributed by atoms with van der Waals surface area (Å²) in [6, 6.07) is 19.5. The molecule has 0 saturated heterocycles. The van der Waals surface area contributed by atoms with Crippen molar-refractivity contribution in [2.45, 2.75) is 51.4 Å². The lowest BCUT2D eigenvalue weighted by atomic mass is 10.1. The number of allylic oxidation sites excluding steroid dienone is 1. The van der Waals surface area contributed by atoms with Crippen LogP contribution < -0.4 is 10.6 Å². The van der Waals surface area contributed by atoms with Gasteiger partial charge in [-0.05, 0) is 43.5 Å². The number of hydrogen-bond acceptors (Lipinski definition) is 4. The van der Waals surface area contributed by atoms with Crippen LogP contribution in [0.5, 0.6) is 0 Å². The fraction of sp³-hybridized carbons (Fsp3) is 0.348. The van der Waals surface area contributed by atoms with Gasteiger partial charge in [-0.2, -0.15) is 0 Å². The van der Waals surface area contributed by atoms with Gasteiger partial charge in [0.25, 0.3) is 0 Å². The first kappa shape index (κ1) is 20.7. The molecule has 2 aromatic carbocycles. The number of hydrogen-bond donors (Lipinski definition) is 1. The first-order valence-electron chi connectivity index (χ1n) is 9.77. The fourth-order valence-electron chi connectivity index (χ4n) is 2.82. The number of para-hydroxylation sites is 2. The molecule has 0 aliphatic heterocycles. The Labute approximate surface area is 162 Å². The molecule has 0 unspecified atom stereocenters. The van der Waals surface area contributed by atoms with E-state index in [-0.39, 0.29) is 5.97 Å². The zero-order valence-corrected chi connectivity index (χ0v) is 16.0. The minimum atomic E-state index is -0.237. The average Bonchev–Trinajstić information content (AvgIpc) is 2.72. The molecular formula is C23H30N2O2. The van der Waals surface area contributed by atoms with E-state index in [4.69, 9.17) is 4.84 Å². The Hall–Kier alpha value is -2.59. The highest BCUT2D eigenvalue weighted by molar-refractivity contribution is 5.69. The summed E-state index contributed by atoms with van der Waals surface area (Å²) in [5, 5.41) is 1.76. The Bertz CT molecular complexity index is 619. The Morgan fingerprint density at radius 3 is 1.93 bits per heavy atom. The highest BCUT2D eigenvalue weighted by Crippen LogP contribution is 2.22. The van der Waals surface area contributed by atoms with Gasteiger partial charge in [0.05, 0.1) is 11.4 Å². The van der Waals surface area contributed by atoms with Gasteiger partial charge in [0, 0.05) is 6.42 Å². The van der Waals surface area contributed by atoms with Gasteiger partial charge in [-0.25, -0.2) is 5.01 Å². The van der Waals surface area contributed by atoms with E-state index in [0.29, 0.717) is 6.42 Å². The van der Waals surface area contributed by atoms with E-state index < -0.39 is 0 Å². The highest BCUT2D eigenvalue weighted by atomic mass is 16.7. The number of carbonyl (C=O) groups is 1. The molecule has 0 saturated carbocycles. The van der Waals surface area contributed by atoms with E-state index in [1.54, 1.807) is 5.01 Å².